The van der Waals surface area contributed by atoms with Crippen molar-refractivity contribution in [1.29, 1.82) is 0 Å². The highest BCUT2D eigenvalue weighted by atomic mass is 32.2. The van der Waals surface area contributed by atoms with Crippen LogP contribution in [0.4, 0.5) is 0 Å². The van der Waals surface area contributed by atoms with E-state index in [-0.39, 0.29) is 11.8 Å². The highest BCUT2D eigenvalue weighted by Crippen LogP contribution is 2.35. The maximum absolute atomic E-state index is 12.9. The largest absolute Gasteiger partial charge is 0.493 e. The lowest BCUT2D eigenvalue weighted by molar-refractivity contribution is -0.135. The van der Waals surface area contributed by atoms with Crippen molar-refractivity contribution in [3.05, 3.63) is 28.7 Å². The van der Waals surface area contributed by atoms with E-state index < -0.39 is 0 Å². The molecule has 2 saturated heterocycles. The smallest absolute Gasteiger partial charge is 0.266 e. The molecule has 0 saturated carbocycles. The monoisotopic (exact) mass is 490 g/mol. The Labute approximate surface area is 206 Å². The van der Waals surface area contributed by atoms with Crippen LogP contribution in [0.3, 0.4) is 0 Å². The second-order valence-electron chi connectivity index (χ2n) is 8.40. The summed E-state index contributed by atoms with van der Waals surface area (Å²) >= 11 is 6.78. The molecule has 2 aliphatic heterocycles. The number of hydrogen-bond acceptors (Lipinski definition) is 6. The zero-order valence-corrected chi connectivity index (χ0v) is 21.4. The van der Waals surface area contributed by atoms with Crippen molar-refractivity contribution >= 4 is 46.2 Å². The van der Waals surface area contributed by atoms with E-state index in [4.69, 9.17) is 21.7 Å². The maximum Gasteiger partial charge on any atom is 0.266 e. The number of hydrogen-bond donors (Lipinski definition) is 0. The molecule has 180 valence electrons. The van der Waals surface area contributed by atoms with Gasteiger partial charge in [-0.25, -0.2) is 0 Å². The Kier molecular flexibility index (Phi) is 9.62. The standard InChI is InChI=1S/C25H34N2O4S2/c1-4-19-10-7-9-14-26(19)23(28)11-6-5-8-15-27-24(29)22(33-25(27)32)17-18-12-13-20(30-2)21(16-18)31-3/h12-13,16-17,19H,4-11,14-15H2,1-3H3/b22-17-. The van der Waals surface area contributed by atoms with Gasteiger partial charge in [-0.05, 0) is 62.3 Å². The predicted octanol–water partition coefficient (Wildman–Crippen LogP) is 5.26. The lowest BCUT2D eigenvalue weighted by Crippen LogP contribution is -2.43. The number of piperidine rings is 1. The Morgan fingerprint density at radius 3 is 2.70 bits per heavy atom. The van der Waals surface area contributed by atoms with E-state index in [2.05, 4.69) is 11.8 Å². The third kappa shape index (κ3) is 6.51. The summed E-state index contributed by atoms with van der Waals surface area (Å²) in [7, 11) is 3.18. The zero-order valence-electron chi connectivity index (χ0n) is 19.8. The fourth-order valence-electron chi connectivity index (χ4n) is 4.41. The quantitative estimate of drug-likeness (QED) is 0.253. The van der Waals surface area contributed by atoms with E-state index in [0.717, 1.165) is 50.6 Å². The Morgan fingerprint density at radius 2 is 1.97 bits per heavy atom. The minimum Gasteiger partial charge on any atom is -0.493 e. The minimum absolute atomic E-state index is 0.0602. The predicted molar refractivity (Wildman–Crippen MR) is 138 cm³/mol. The van der Waals surface area contributed by atoms with Crippen molar-refractivity contribution < 1.29 is 19.1 Å². The van der Waals surface area contributed by atoms with Crippen LogP contribution in [0.15, 0.2) is 23.1 Å². The Morgan fingerprint density at radius 1 is 1.18 bits per heavy atom. The molecule has 1 atom stereocenters. The number of thiocarbonyl (C=S) groups is 1. The molecule has 1 unspecified atom stereocenters. The first-order valence-electron chi connectivity index (χ1n) is 11.7. The number of likely N-dealkylation sites (tertiary alicyclic amines) is 1. The molecule has 0 radical (unpaired) electrons. The van der Waals surface area contributed by atoms with Crippen LogP contribution >= 0.6 is 24.0 Å². The fraction of sp³-hybridized carbons (Fsp3) is 0.560. The Bertz CT molecular complexity index is 902. The summed E-state index contributed by atoms with van der Waals surface area (Å²) in [6.07, 6.45) is 9.53. The molecule has 1 aromatic rings. The summed E-state index contributed by atoms with van der Waals surface area (Å²) < 4.78 is 11.2. The van der Waals surface area contributed by atoms with Crippen molar-refractivity contribution in [2.45, 2.75) is 64.3 Å². The molecule has 2 heterocycles. The van der Waals surface area contributed by atoms with Gasteiger partial charge in [-0.15, -0.1) is 0 Å². The van der Waals surface area contributed by atoms with Crippen LogP contribution in [-0.2, 0) is 9.59 Å². The summed E-state index contributed by atoms with van der Waals surface area (Å²) in [5.74, 6) is 1.48. The van der Waals surface area contributed by atoms with Gasteiger partial charge in [0.15, 0.2) is 11.5 Å². The fourth-order valence-corrected chi connectivity index (χ4v) is 5.72. The molecule has 2 aliphatic rings. The molecular formula is C25H34N2O4S2. The number of amides is 2. The molecule has 0 spiro atoms. The molecule has 0 bridgehead atoms. The summed E-state index contributed by atoms with van der Waals surface area (Å²) in [5.41, 5.74) is 0.856. The average Bonchev–Trinajstić information content (AvgIpc) is 3.10. The molecule has 1 aromatic carbocycles. The number of nitrogens with zero attached hydrogens (tertiary/aromatic N) is 2. The van der Waals surface area contributed by atoms with Crippen molar-refractivity contribution in [1.82, 2.24) is 9.80 Å². The third-order valence-corrected chi connectivity index (χ3v) is 7.65. The molecule has 6 nitrogen and oxygen atoms in total. The van der Waals surface area contributed by atoms with Crippen LogP contribution in [0.25, 0.3) is 6.08 Å². The second kappa shape index (κ2) is 12.4. The molecule has 0 aliphatic carbocycles. The zero-order chi connectivity index (χ0) is 23.8. The van der Waals surface area contributed by atoms with Crippen molar-refractivity contribution in [2.75, 3.05) is 27.3 Å². The minimum atomic E-state index is -0.0602. The van der Waals surface area contributed by atoms with Gasteiger partial charge in [0, 0.05) is 25.6 Å². The number of rotatable bonds is 10. The van der Waals surface area contributed by atoms with E-state index in [0.29, 0.717) is 39.7 Å². The van der Waals surface area contributed by atoms with Crippen LogP contribution in [0.2, 0.25) is 0 Å². The Hall–Kier alpha value is -2.06. The van der Waals surface area contributed by atoms with E-state index in [1.54, 1.807) is 19.1 Å². The van der Waals surface area contributed by atoms with Gasteiger partial charge in [0.1, 0.15) is 4.32 Å². The number of benzene rings is 1. The summed E-state index contributed by atoms with van der Waals surface area (Å²) in [5, 5.41) is 0. The first kappa shape index (κ1) is 25.6. The number of carbonyl (C=O) groups is 2. The molecule has 8 heteroatoms. The average molecular weight is 491 g/mol. The Balaban J connectivity index is 1.47. The molecule has 3 rings (SSSR count). The highest BCUT2D eigenvalue weighted by molar-refractivity contribution is 8.26. The molecule has 0 aromatic heterocycles. The lowest BCUT2D eigenvalue weighted by Gasteiger charge is -2.35. The van der Waals surface area contributed by atoms with Crippen LogP contribution in [0.1, 0.15) is 63.9 Å². The van der Waals surface area contributed by atoms with Crippen LogP contribution in [0, 0.1) is 0 Å². The van der Waals surface area contributed by atoms with Crippen molar-refractivity contribution in [3.8, 4) is 11.5 Å². The SMILES string of the molecule is CCC1CCCCN1C(=O)CCCCCN1C(=O)/C(=C/c2ccc(OC)c(OC)c2)SC1=S. The van der Waals surface area contributed by atoms with Crippen LogP contribution < -0.4 is 9.47 Å². The van der Waals surface area contributed by atoms with E-state index in [9.17, 15) is 9.59 Å². The molecule has 0 N–H and O–H groups in total. The van der Waals surface area contributed by atoms with E-state index in [1.807, 2.05) is 24.3 Å². The van der Waals surface area contributed by atoms with Gasteiger partial charge < -0.3 is 14.4 Å². The van der Waals surface area contributed by atoms with Gasteiger partial charge in [-0.1, -0.05) is 43.4 Å². The second-order valence-corrected chi connectivity index (χ2v) is 10.1. The van der Waals surface area contributed by atoms with E-state index >= 15 is 0 Å². The van der Waals surface area contributed by atoms with Crippen LogP contribution in [-0.4, -0.2) is 59.3 Å². The molecule has 2 fully saturated rings. The highest BCUT2D eigenvalue weighted by Gasteiger charge is 2.31. The molecule has 33 heavy (non-hydrogen) atoms. The summed E-state index contributed by atoms with van der Waals surface area (Å²) in [6, 6.07) is 5.96. The number of unbranched alkanes of at least 4 members (excludes halogenated alkanes) is 2. The van der Waals surface area contributed by atoms with Gasteiger partial charge >= 0.3 is 0 Å². The maximum atomic E-state index is 12.9. The third-order valence-electron chi connectivity index (χ3n) is 6.27. The first-order chi connectivity index (χ1) is 16.0. The summed E-state index contributed by atoms with van der Waals surface area (Å²) in [4.78, 5) is 29.9. The normalized spacial score (nSPS) is 20.0. The van der Waals surface area contributed by atoms with Gasteiger partial charge in [-0.3, -0.25) is 14.5 Å². The first-order valence-corrected chi connectivity index (χ1v) is 13.0. The topological polar surface area (TPSA) is 59.1 Å². The summed E-state index contributed by atoms with van der Waals surface area (Å²) in [6.45, 7) is 3.65. The van der Waals surface area contributed by atoms with Crippen molar-refractivity contribution in [2.24, 2.45) is 0 Å². The van der Waals surface area contributed by atoms with Gasteiger partial charge in [0.2, 0.25) is 5.91 Å². The number of ether oxygens (including phenoxy) is 2. The van der Waals surface area contributed by atoms with Crippen LogP contribution in [0.5, 0.6) is 11.5 Å². The van der Waals surface area contributed by atoms with Crippen molar-refractivity contribution in [3.63, 3.8) is 0 Å². The number of carbonyl (C=O) groups excluding carboxylic acids is 2. The molecule has 2 amide bonds. The molecular weight excluding hydrogens is 456 g/mol. The number of methoxy groups -OCH3 is 2. The van der Waals surface area contributed by atoms with Gasteiger partial charge in [0.25, 0.3) is 5.91 Å². The number of thioether (sulfide) groups is 1. The lowest BCUT2D eigenvalue weighted by atomic mass is 9.99. The van der Waals surface area contributed by atoms with Gasteiger partial charge in [0.05, 0.1) is 19.1 Å². The van der Waals surface area contributed by atoms with E-state index in [1.165, 1.54) is 18.2 Å². The van der Waals surface area contributed by atoms with Gasteiger partial charge in [-0.2, -0.15) is 0 Å².